The lowest BCUT2D eigenvalue weighted by atomic mass is 10.2. The monoisotopic (exact) mass is 394 g/mol. The van der Waals surface area contributed by atoms with Crippen molar-refractivity contribution >= 4 is 21.6 Å². The highest BCUT2D eigenvalue weighted by Crippen LogP contribution is 2.22. The number of anilines is 1. The SMILES string of the molecule is O=C(Nc1cnc(-c2ccccc2)nc1)c1ccc(S(=O)(=O)NC2CC2)cc1. The maximum atomic E-state index is 12.4. The Bertz CT molecular complexity index is 1080. The molecule has 1 aromatic heterocycles. The van der Waals surface area contributed by atoms with E-state index in [1.54, 1.807) is 0 Å². The molecule has 8 heteroatoms. The van der Waals surface area contributed by atoms with Crippen LogP contribution in [0.5, 0.6) is 0 Å². The maximum absolute atomic E-state index is 12.4. The van der Waals surface area contributed by atoms with Gasteiger partial charge in [0.15, 0.2) is 5.82 Å². The van der Waals surface area contributed by atoms with Crippen LogP contribution in [0.15, 0.2) is 71.9 Å². The van der Waals surface area contributed by atoms with E-state index in [0.717, 1.165) is 18.4 Å². The molecule has 1 fully saturated rings. The number of rotatable bonds is 6. The Balaban J connectivity index is 1.43. The van der Waals surface area contributed by atoms with Gasteiger partial charge in [-0.15, -0.1) is 0 Å². The molecule has 4 rings (SSSR count). The summed E-state index contributed by atoms with van der Waals surface area (Å²) < 4.78 is 27.0. The van der Waals surface area contributed by atoms with E-state index in [2.05, 4.69) is 20.0 Å². The highest BCUT2D eigenvalue weighted by Gasteiger charge is 2.27. The smallest absolute Gasteiger partial charge is 0.255 e. The molecule has 142 valence electrons. The number of amides is 1. The molecule has 0 unspecified atom stereocenters. The molecular formula is C20H18N4O3S. The van der Waals surface area contributed by atoms with Crippen molar-refractivity contribution in [2.24, 2.45) is 0 Å². The second-order valence-electron chi connectivity index (χ2n) is 6.54. The van der Waals surface area contributed by atoms with Crippen LogP contribution in [0.25, 0.3) is 11.4 Å². The second kappa shape index (κ2) is 7.49. The normalized spacial score (nSPS) is 13.9. The largest absolute Gasteiger partial charge is 0.319 e. The molecule has 28 heavy (non-hydrogen) atoms. The molecule has 0 spiro atoms. The number of benzene rings is 2. The van der Waals surface area contributed by atoms with Gasteiger partial charge in [0.25, 0.3) is 5.91 Å². The van der Waals surface area contributed by atoms with Gasteiger partial charge in [-0.3, -0.25) is 4.79 Å². The van der Waals surface area contributed by atoms with E-state index in [4.69, 9.17) is 0 Å². The van der Waals surface area contributed by atoms with Gasteiger partial charge in [-0.25, -0.2) is 23.1 Å². The Labute approximate surface area is 162 Å². The third-order valence-electron chi connectivity index (χ3n) is 4.27. The summed E-state index contributed by atoms with van der Waals surface area (Å²) in [7, 11) is -3.53. The number of nitrogens with zero attached hydrogens (tertiary/aromatic N) is 2. The van der Waals surface area contributed by atoms with Crippen LogP contribution in [-0.4, -0.2) is 30.3 Å². The van der Waals surface area contributed by atoms with Crippen molar-refractivity contribution in [1.82, 2.24) is 14.7 Å². The molecule has 0 saturated heterocycles. The van der Waals surface area contributed by atoms with E-state index < -0.39 is 10.0 Å². The van der Waals surface area contributed by atoms with Gasteiger partial charge < -0.3 is 5.32 Å². The number of nitrogens with one attached hydrogen (secondary N) is 2. The first kappa shape index (κ1) is 18.3. The second-order valence-corrected chi connectivity index (χ2v) is 8.25. The molecule has 1 saturated carbocycles. The molecule has 3 aromatic rings. The van der Waals surface area contributed by atoms with E-state index in [9.17, 15) is 13.2 Å². The Morgan fingerprint density at radius 2 is 1.57 bits per heavy atom. The highest BCUT2D eigenvalue weighted by atomic mass is 32.2. The van der Waals surface area contributed by atoms with Crippen molar-refractivity contribution in [3.05, 3.63) is 72.6 Å². The van der Waals surface area contributed by atoms with Crippen LogP contribution in [0.3, 0.4) is 0 Å². The van der Waals surface area contributed by atoms with Crippen LogP contribution >= 0.6 is 0 Å². The van der Waals surface area contributed by atoms with Gasteiger partial charge in [-0.2, -0.15) is 0 Å². The first-order valence-electron chi connectivity index (χ1n) is 8.82. The van der Waals surface area contributed by atoms with Crippen molar-refractivity contribution in [1.29, 1.82) is 0 Å². The molecule has 1 aliphatic carbocycles. The first-order valence-corrected chi connectivity index (χ1v) is 10.3. The van der Waals surface area contributed by atoms with Crippen LogP contribution in [0.4, 0.5) is 5.69 Å². The Kier molecular flexibility index (Phi) is 4.89. The molecule has 1 aliphatic rings. The molecular weight excluding hydrogens is 376 g/mol. The fourth-order valence-electron chi connectivity index (χ4n) is 2.61. The Morgan fingerprint density at radius 3 is 2.18 bits per heavy atom. The predicted molar refractivity (Wildman–Crippen MR) is 105 cm³/mol. The quantitative estimate of drug-likeness (QED) is 0.669. The van der Waals surface area contributed by atoms with E-state index in [1.807, 2.05) is 30.3 Å². The zero-order valence-electron chi connectivity index (χ0n) is 14.9. The first-order chi connectivity index (χ1) is 13.5. The average molecular weight is 394 g/mol. The van der Waals surface area contributed by atoms with Gasteiger partial charge in [0.2, 0.25) is 10.0 Å². The number of carbonyl (C=O) groups is 1. The number of hydrogen-bond donors (Lipinski definition) is 2. The third-order valence-corrected chi connectivity index (χ3v) is 5.80. The molecule has 0 atom stereocenters. The third kappa shape index (κ3) is 4.24. The highest BCUT2D eigenvalue weighted by molar-refractivity contribution is 7.89. The van der Waals surface area contributed by atoms with Gasteiger partial charge in [0.1, 0.15) is 0 Å². The van der Waals surface area contributed by atoms with Crippen LogP contribution in [0, 0.1) is 0 Å². The number of aromatic nitrogens is 2. The van der Waals surface area contributed by atoms with Crippen LogP contribution in [0.2, 0.25) is 0 Å². The van der Waals surface area contributed by atoms with Gasteiger partial charge >= 0.3 is 0 Å². The number of sulfonamides is 1. The van der Waals surface area contributed by atoms with Crippen LogP contribution in [-0.2, 0) is 10.0 Å². The molecule has 0 bridgehead atoms. The van der Waals surface area contributed by atoms with E-state index in [1.165, 1.54) is 36.7 Å². The molecule has 0 radical (unpaired) electrons. The summed E-state index contributed by atoms with van der Waals surface area (Å²) in [5, 5.41) is 2.71. The zero-order valence-corrected chi connectivity index (χ0v) is 15.7. The van der Waals surface area contributed by atoms with E-state index in [0.29, 0.717) is 17.1 Å². The summed E-state index contributed by atoms with van der Waals surface area (Å²) in [6.45, 7) is 0. The van der Waals surface area contributed by atoms with Crippen LogP contribution in [0.1, 0.15) is 23.2 Å². The summed E-state index contributed by atoms with van der Waals surface area (Å²) in [6, 6.07) is 15.4. The van der Waals surface area contributed by atoms with Crippen molar-refractivity contribution < 1.29 is 13.2 Å². The van der Waals surface area contributed by atoms with Crippen molar-refractivity contribution in [2.45, 2.75) is 23.8 Å². The lowest BCUT2D eigenvalue weighted by molar-refractivity contribution is 0.102. The van der Waals surface area contributed by atoms with Gasteiger partial charge in [-0.05, 0) is 37.1 Å². The molecule has 2 N–H and O–H groups in total. The Hall–Kier alpha value is -3.10. The fraction of sp³-hybridized carbons (Fsp3) is 0.150. The minimum atomic E-state index is -3.53. The van der Waals surface area contributed by atoms with Gasteiger partial charge in [0, 0.05) is 17.2 Å². The topological polar surface area (TPSA) is 101 Å². The van der Waals surface area contributed by atoms with Crippen molar-refractivity contribution in [3.8, 4) is 11.4 Å². The average Bonchev–Trinajstić information content (AvgIpc) is 3.53. The fourth-order valence-corrected chi connectivity index (χ4v) is 3.91. The van der Waals surface area contributed by atoms with Gasteiger partial charge in [0.05, 0.1) is 23.0 Å². The van der Waals surface area contributed by atoms with E-state index in [-0.39, 0.29) is 16.8 Å². The summed E-state index contributed by atoms with van der Waals surface area (Å²) in [6.07, 6.45) is 4.80. The number of carbonyl (C=O) groups excluding carboxylic acids is 1. The summed E-state index contributed by atoms with van der Waals surface area (Å²) in [5.41, 5.74) is 1.69. The minimum Gasteiger partial charge on any atom is -0.319 e. The zero-order chi connectivity index (χ0) is 19.6. The molecule has 1 heterocycles. The standard InChI is InChI=1S/C20H18N4O3S/c25-20(15-6-10-18(11-7-15)28(26,27)24-16-8-9-16)23-17-12-21-19(22-13-17)14-4-2-1-3-5-14/h1-7,10-13,16,24H,8-9H2,(H,23,25). The molecule has 0 aliphatic heterocycles. The number of hydrogen-bond acceptors (Lipinski definition) is 5. The predicted octanol–water partition coefficient (Wildman–Crippen LogP) is 2.84. The van der Waals surface area contributed by atoms with E-state index >= 15 is 0 Å². The summed E-state index contributed by atoms with van der Waals surface area (Å²) in [4.78, 5) is 21.1. The molecule has 1 amide bonds. The van der Waals surface area contributed by atoms with Crippen molar-refractivity contribution in [2.75, 3.05) is 5.32 Å². The maximum Gasteiger partial charge on any atom is 0.255 e. The lowest BCUT2D eigenvalue weighted by Gasteiger charge is -2.08. The van der Waals surface area contributed by atoms with Crippen molar-refractivity contribution in [3.63, 3.8) is 0 Å². The Morgan fingerprint density at radius 1 is 0.929 bits per heavy atom. The van der Waals surface area contributed by atoms with Crippen LogP contribution < -0.4 is 10.0 Å². The lowest BCUT2D eigenvalue weighted by Crippen LogP contribution is -2.25. The molecule has 2 aromatic carbocycles. The summed E-state index contributed by atoms with van der Waals surface area (Å²) in [5.74, 6) is 0.200. The minimum absolute atomic E-state index is 0.0341. The van der Waals surface area contributed by atoms with Gasteiger partial charge in [-0.1, -0.05) is 30.3 Å². The molecule has 7 nitrogen and oxygen atoms in total. The summed E-state index contributed by atoms with van der Waals surface area (Å²) >= 11 is 0.